The number of halogens is 1. The van der Waals surface area contributed by atoms with Crippen LogP contribution < -0.4 is 40.1 Å². The molecular weight excluding hydrogens is 1030 g/mol. The molecule has 19 heteroatoms. The van der Waals surface area contributed by atoms with Gasteiger partial charge in [0.15, 0.2) is 0 Å². The first-order chi connectivity index (χ1) is 39.0. The van der Waals surface area contributed by atoms with Gasteiger partial charge < -0.3 is 49.9 Å². The van der Waals surface area contributed by atoms with E-state index in [2.05, 4.69) is 68.6 Å². The molecule has 0 unspecified atom stereocenters. The van der Waals surface area contributed by atoms with Crippen molar-refractivity contribution < 1.29 is 33.0 Å². The number of methoxy groups -OCH3 is 2. The van der Waals surface area contributed by atoms with Gasteiger partial charge in [0.2, 0.25) is 23.4 Å². The molecule has 81 heavy (non-hydrogen) atoms. The molecule has 0 radical (unpaired) electrons. The van der Waals surface area contributed by atoms with Gasteiger partial charge in [-0.05, 0) is 152 Å². The normalized spacial score (nSPS) is 12.6. The van der Waals surface area contributed by atoms with Crippen LogP contribution in [0.1, 0.15) is 80.6 Å². The second-order valence-electron chi connectivity index (χ2n) is 20.1. The number of carbonyl (C=O) groups is 4. The monoisotopic (exact) mass is 1100 g/mol. The maximum atomic E-state index is 13.2. The van der Waals surface area contributed by atoms with Crippen molar-refractivity contribution >= 4 is 51.8 Å². The van der Waals surface area contributed by atoms with Gasteiger partial charge in [0.1, 0.15) is 40.4 Å². The molecule has 18 nitrogen and oxygen atoms in total. The van der Waals surface area contributed by atoms with Crippen LogP contribution in [0.5, 0.6) is 11.5 Å². The number of rotatable bonds is 23. The van der Waals surface area contributed by atoms with Crippen molar-refractivity contribution in [3.05, 3.63) is 174 Å². The number of carbonyl (C=O) groups excluding carboxylic acids is 4. The topological polar surface area (TPSA) is 191 Å². The van der Waals surface area contributed by atoms with E-state index in [1.165, 1.54) is 87.5 Å². The Bertz CT molecular complexity index is 3080. The Kier molecular flexibility index (Phi) is 23.5. The second-order valence-corrected chi connectivity index (χ2v) is 20.1. The first-order valence-corrected chi connectivity index (χ1v) is 27.1. The van der Waals surface area contributed by atoms with Crippen LogP contribution in [0.15, 0.2) is 123 Å². The van der Waals surface area contributed by atoms with Crippen LogP contribution in [0.25, 0.3) is 0 Å². The highest BCUT2D eigenvalue weighted by Crippen LogP contribution is 2.36. The fourth-order valence-corrected chi connectivity index (χ4v) is 8.91. The molecule has 2 aliphatic rings. The minimum atomic E-state index is -0.419. The summed E-state index contributed by atoms with van der Waals surface area (Å²) in [5.41, 5.74) is 6.93. The summed E-state index contributed by atoms with van der Waals surface area (Å²) in [5.74, 6) is 0.566. The molecule has 0 spiro atoms. The van der Waals surface area contributed by atoms with E-state index in [0.717, 1.165) is 67.5 Å². The maximum Gasteiger partial charge on any atom is 0.247 e. The minimum Gasteiger partial charge on any atom is -0.496 e. The van der Waals surface area contributed by atoms with Gasteiger partial charge in [0.05, 0.1) is 37.0 Å². The highest BCUT2D eigenvalue weighted by atomic mass is 19.1. The lowest BCUT2D eigenvalue weighted by Crippen LogP contribution is -2.29. The van der Waals surface area contributed by atoms with E-state index in [9.17, 15) is 23.6 Å². The number of nitrogens with one attached hydrogen (secondary N) is 3. The zero-order valence-corrected chi connectivity index (χ0v) is 48.1. The van der Waals surface area contributed by atoms with Crippen molar-refractivity contribution in [3.63, 3.8) is 0 Å². The molecule has 2 saturated heterocycles. The van der Waals surface area contributed by atoms with E-state index in [0.29, 0.717) is 57.8 Å². The Hall–Kier alpha value is -8.39. The average Bonchev–Trinajstić information content (AvgIpc) is 4.27. The summed E-state index contributed by atoms with van der Waals surface area (Å²) in [5, 5.41) is 9.01. The fraction of sp³-hybridized carbons (Fsp3) is 0.355. The zero-order chi connectivity index (χ0) is 58.4. The second kappa shape index (κ2) is 30.8. The number of hydrogen-bond donors (Lipinski definition) is 3. The van der Waals surface area contributed by atoms with Crippen molar-refractivity contribution in [2.24, 2.45) is 0 Å². The Morgan fingerprint density at radius 3 is 1.40 bits per heavy atom. The third kappa shape index (κ3) is 18.3. The van der Waals surface area contributed by atoms with Crippen molar-refractivity contribution in [1.82, 2.24) is 35.1 Å². The van der Waals surface area contributed by atoms with Crippen molar-refractivity contribution in [1.29, 1.82) is 0 Å². The molecule has 0 bridgehead atoms. The largest absolute Gasteiger partial charge is 0.496 e. The van der Waals surface area contributed by atoms with Gasteiger partial charge in [-0.15, -0.1) is 0 Å². The number of likely N-dealkylation sites (N-methyl/N-ethyl adjacent to an activating group) is 4. The molecule has 8 rings (SSSR count). The fourth-order valence-electron chi connectivity index (χ4n) is 8.91. The molecule has 3 N–H and O–H groups in total. The van der Waals surface area contributed by atoms with Crippen molar-refractivity contribution in [2.45, 2.75) is 38.5 Å². The molecule has 428 valence electrons. The Balaban J connectivity index is 0.000000241. The first-order valence-electron chi connectivity index (χ1n) is 27.1. The molecule has 0 atom stereocenters. The van der Waals surface area contributed by atoms with Gasteiger partial charge in [0, 0.05) is 119 Å². The van der Waals surface area contributed by atoms with E-state index in [4.69, 9.17) is 9.47 Å². The summed E-state index contributed by atoms with van der Waals surface area (Å²) in [6, 6.07) is 23.6. The summed E-state index contributed by atoms with van der Waals surface area (Å²) in [7, 11) is 15.1. The van der Waals surface area contributed by atoms with E-state index in [-0.39, 0.29) is 35.5 Å². The zero-order valence-electron chi connectivity index (χ0n) is 48.1. The smallest absolute Gasteiger partial charge is 0.247 e. The number of ketones is 2. The molecular formula is C62H77FN12O6. The molecule has 4 heterocycles. The third-order valence-electron chi connectivity index (χ3n) is 13.5. The van der Waals surface area contributed by atoms with Crippen LogP contribution in [0.4, 0.5) is 32.8 Å². The molecule has 2 aromatic heterocycles. The number of anilines is 5. The van der Waals surface area contributed by atoms with Crippen LogP contribution >= 0.6 is 0 Å². The summed E-state index contributed by atoms with van der Waals surface area (Å²) < 4.78 is 24.6. The van der Waals surface area contributed by atoms with Crippen LogP contribution in [0.2, 0.25) is 0 Å². The standard InChI is InChI=1S/C31H38N6O3.C27H30FN5O3.C4H9N/c1-6-30(38)34-26-19-23(28(40-5)21-27(26)36(4)18-17-35(2)3)20-29-32-14-13-25(33-29)31(39)22-9-11-24(12-10-22)37-15-7-8-16-37;1-6-26(34)31-22-15-19(24(36-5)17-23(22)33(4)14-13-32(2)3)16-25-29-12-11-21(30-25)27(35)18-7-9-20(28)10-8-18;1-2-4-5-3-1/h6,9-14,19,21H,1,7-8,15-18,20H2,2-5H3,(H,34,38);6-12,15,17H,1,13-14,16H2,2-5H3,(H,31,34);5H,1-4H2. The Morgan fingerprint density at radius 2 is 1.02 bits per heavy atom. The van der Waals surface area contributed by atoms with Crippen LogP contribution in [-0.4, -0.2) is 162 Å². The van der Waals surface area contributed by atoms with Gasteiger partial charge in [-0.2, -0.15) is 0 Å². The predicted octanol–water partition coefficient (Wildman–Crippen LogP) is 7.97. The molecule has 2 fully saturated rings. The summed E-state index contributed by atoms with van der Waals surface area (Å²) >= 11 is 0. The van der Waals surface area contributed by atoms with Crippen LogP contribution in [-0.2, 0) is 22.4 Å². The van der Waals surface area contributed by atoms with Gasteiger partial charge in [0.25, 0.3) is 0 Å². The molecule has 0 saturated carbocycles. The van der Waals surface area contributed by atoms with Crippen LogP contribution in [0, 0.1) is 5.82 Å². The predicted molar refractivity (Wildman–Crippen MR) is 320 cm³/mol. The number of nitrogens with zero attached hydrogens (tertiary/aromatic N) is 9. The van der Waals surface area contributed by atoms with Crippen LogP contribution in [0.3, 0.4) is 0 Å². The molecule has 6 aromatic rings. The van der Waals surface area contributed by atoms with Gasteiger partial charge in [-0.1, -0.05) is 13.2 Å². The average molecular weight is 1110 g/mol. The first kappa shape index (κ1) is 61.8. The van der Waals surface area contributed by atoms with Gasteiger partial charge >= 0.3 is 0 Å². The minimum absolute atomic E-state index is 0.152. The van der Waals surface area contributed by atoms with Crippen molar-refractivity contribution in [2.75, 3.05) is 134 Å². The molecule has 0 aliphatic carbocycles. The van der Waals surface area contributed by atoms with E-state index in [1.807, 2.05) is 95.7 Å². The SMILES string of the molecule is C1CCNC1.C=CC(=O)Nc1cc(Cc2nccc(C(=O)c3ccc(F)cc3)n2)c(OC)cc1N(C)CCN(C)C.C=CC(=O)Nc1cc(Cc2nccc(C(=O)c3ccc(N4CCCC4)cc3)n2)c(OC)cc1N(C)CCN(C)C. The number of amides is 2. The van der Waals surface area contributed by atoms with E-state index >= 15 is 0 Å². The highest BCUT2D eigenvalue weighted by molar-refractivity contribution is 6.08. The highest BCUT2D eigenvalue weighted by Gasteiger charge is 2.21. The molecule has 4 aromatic carbocycles. The van der Waals surface area contributed by atoms with Gasteiger partial charge in [-0.3, -0.25) is 19.2 Å². The number of aromatic nitrogens is 4. The Morgan fingerprint density at radius 1 is 0.605 bits per heavy atom. The van der Waals surface area contributed by atoms with Crippen molar-refractivity contribution in [3.8, 4) is 11.5 Å². The Labute approximate surface area is 476 Å². The number of ether oxygens (including phenoxy) is 2. The lowest BCUT2D eigenvalue weighted by molar-refractivity contribution is -0.112. The summed E-state index contributed by atoms with van der Waals surface area (Å²) in [6.07, 6.45) is 11.3. The summed E-state index contributed by atoms with van der Waals surface area (Å²) in [4.78, 5) is 78.8. The van der Waals surface area contributed by atoms with Gasteiger partial charge in [-0.25, -0.2) is 24.3 Å². The molecule has 2 aliphatic heterocycles. The molecule has 2 amide bonds. The van der Waals surface area contributed by atoms with E-state index < -0.39 is 5.82 Å². The number of hydrogen-bond acceptors (Lipinski definition) is 16. The lowest BCUT2D eigenvalue weighted by atomic mass is 10.1. The van der Waals surface area contributed by atoms with E-state index in [1.54, 1.807) is 26.5 Å². The number of benzene rings is 4. The maximum absolute atomic E-state index is 13.2. The lowest BCUT2D eigenvalue weighted by Gasteiger charge is -2.25. The quantitative estimate of drug-likeness (QED) is 0.0413. The third-order valence-corrected chi connectivity index (χ3v) is 13.5. The summed E-state index contributed by atoms with van der Waals surface area (Å²) in [6.45, 7) is 14.9.